The summed E-state index contributed by atoms with van der Waals surface area (Å²) in [7, 11) is 0. The summed E-state index contributed by atoms with van der Waals surface area (Å²) in [6, 6.07) is 18.4. The van der Waals surface area contributed by atoms with E-state index in [2.05, 4.69) is 4.98 Å². The van der Waals surface area contributed by atoms with Crippen LogP contribution in [0.5, 0.6) is 0 Å². The summed E-state index contributed by atoms with van der Waals surface area (Å²) >= 11 is 6.04. The molecule has 5 rings (SSSR count). The predicted molar refractivity (Wildman–Crippen MR) is 126 cm³/mol. The van der Waals surface area contributed by atoms with Crippen LogP contribution in [0.25, 0.3) is 16.7 Å². The molecule has 1 saturated heterocycles. The van der Waals surface area contributed by atoms with E-state index in [0.717, 1.165) is 16.6 Å². The van der Waals surface area contributed by atoms with Crippen LogP contribution in [0.15, 0.2) is 78.4 Å². The molecule has 7 heteroatoms. The molecule has 33 heavy (non-hydrogen) atoms. The highest BCUT2D eigenvalue weighted by molar-refractivity contribution is 6.52. The molecule has 3 aromatic carbocycles. The number of amides is 1. The smallest absolute Gasteiger partial charge is 0.300 e. The van der Waals surface area contributed by atoms with E-state index in [1.165, 1.54) is 29.2 Å². The van der Waals surface area contributed by atoms with Crippen LogP contribution in [0.1, 0.15) is 22.9 Å². The van der Waals surface area contributed by atoms with E-state index in [-0.39, 0.29) is 16.9 Å². The van der Waals surface area contributed by atoms with Gasteiger partial charge in [-0.15, -0.1) is 0 Å². The van der Waals surface area contributed by atoms with Crippen molar-refractivity contribution < 1.29 is 19.1 Å². The third kappa shape index (κ3) is 3.39. The standard InChI is InChI=1S/C26H18ClFN2O3/c1-14-21(19-4-2-3-5-20(19)29-14)23-22(24(31)15-6-10-17(28)11-7-15)25(32)26(33)30(23)18-12-8-16(27)9-13-18/h2-13,23,29,31H,1H3/b24-22+. The first-order valence-corrected chi connectivity index (χ1v) is 10.6. The first-order chi connectivity index (χ1) is 15.9. The van der Waals surface area contributed by atoms with Gasteiger partial charge < -0.3 is 10.1 Å². The van der Waals surface area contributed by atoms with Crippen molar-refractivity contribution in [2.24, 2.45) is 0 Å². The van der Waals surface area contributed by atoms with Crippen LogP contribution in [-0.2, 0) is 9.59 Å². The Labute approximate surface area is 193 Å². The molecule has 0 bridgehead atoms. The number of nitrogens with zero attached hydrogens (tertiary/aromatic N) is 1. The van der Waals surface area contributed by atoms with Crippen LogP contribution >= 0.6 is 11.6 Å². The molecule has 2 heterocycles. The number of aryl methyl sites for hydroxylation is 1. The molecule has 1 aromatic heterocycles. The van der Waals surface area contributed by atoms with Crippen molar-refractivity contribution in [1.29, 1.82) is 0 Å². The Morgan fingerprint density at radius 2 is 1.67 bits per heavy atom. The quantitative estimate of drug-likeness (QED) is 0.227. The van der Waals surface area contributed by atoms with Gasteiger partial charge in [-0.25, -0.2) is 4.39 Å². The molecule has 4 aromatic rings. The Bertz CT molecular complexity index is 1440. The fourth-order valence-electron chi connectivity index (χ4n) is 4.39. The molecule has 0 aliphatic carbocycles. The van der Waals surface area contributed by atoms with E-state index in [0.29, 0.717) is 16.3 Å². The van der Waals surface area contributed by atoms with Crippen molar-refractivity contribution >= 4 is 45.6 Å². The summed E-state index contributed by atoms with van der Waals surface area (Å²) in [5, 5.41) is 12.5. The molecule has 1 aliphatic heterocycles. The summed E-state index contributed by atoms with van der Waals surface area (Å²) < 4.78 is 13.5. The number of Topliss-reactive ketones (excluding diaryl/α,β-unsaturated/α-hetero) is 1. The number of nitrogens with one attached hydrogen (secondary N) is 1. The van der Waals surface area contributed by atoms with Gasteiger partial charge in [0.15, 0.2) is 0 Å². The lowest BCUT2D eigenvalue weighted by Gasteiger charge is -2.26. The van der Waals surface area contributed by atoms with Gasteiger partial charge in [0.05, 0.1) is 11.6 Å². The molecule has 0 radical (unpaired) electrons. The third-order valence-electron chi connectivity index (χ3n) is 5.88. The van der Waals surface area contributed by atoms with E-state index in [4.69, 9.17) is 11.6 Å². The summed E-state index contributed by atoms with van der Waals surface area (Å²) in [4.78, 5) is 31.2. The Morgan fingerprint density at radius 3 is 2.36 bits per heavy atom. The lowest BCUT2D eigenvalue weighted by molar-refractivity contribution is -0.132. The number of ketones is 1. The summed E-state index contributed by atoms with van der Waals surface area (Å²) in [6.07, 6.45) is 0. The van der Waals surface area contributed by atoms with Gasteiger partial charge in [0, 0.05) is 38.4 Å². The van der Waals surface area contributed by atoms with Crippen LogP contribution in [0.4, 0.5) is 10.1 Å². The van der Waals surface area contributed by atoms with Crippen LogP contribution in [-0.4, -0.2) is 21.8 Å². The molecular weight excluding hydrogens is 443 g/mol. The van der Waals surface area contributed by atoms with Gasteiger partial charge in [-0.05, 0) is 61.5 Å². The minimum absolute atomic E-state index is 0.0607. The number of aliphatic hydroxyl groups is 1. The zero-order chi connectivity index (χ0) is 23.3. The average molecular weight is 461 g/mol. The zero-order valence-corrected chi connectivity index (χ0v) is 18.2. The molecule has 5 nitrogen and oxygen atoms in total. The molecule has 0 saturated carbocycles. The van der Waals surface area contributed by atoms with Gasteiger partial charge in [-0.3, -0.25) is 14.5 Å². The first-order valence-electron chi connectivity index (χ1n) is 10.3. The number of para-hydroxylation sites is 1. The summed E-state index contributed by atoms with van der Waals surface area (Å²) in [5.41, 5.74) is 2.95. The van der Waals surface area contributed by atoms with Gasteiger partial charge in [0.25, 0.3) is 11.7 Å². The maximum Gasteiger partial charge on any atom is 0.300 e. The highest BCUT2D eigenvalue weighted by atomic mass is 35.5. The molecule has 1 aliphatic rings. The Balaban J connectivity index is 1.81. The van der Waals surface area contributed by atoms with E-state index in [1.807, 2.05) is 31.2 Å². The maximum absolute atomic E-state index is 13.5. The van der Waals surface area contributed by atoms with Crippen molar-refractivity contribution in [3.63, 3.8) is 0 Å². The number of benzene rings is 3. The molecular formula is C26H18ClFN2O3. The number of rotatable bonds is 3. The zero-order valence-electron chi connectivity index (χ0n) is 17.5. The van der Waals surface area contributed by atoms with Crippen molar-refractivity contribution in [3.05, 3.63) is 106 Å². The monoisotopic (exact) mass is 460 g/mol. The Kier molecular flexibility index (Phi) is 5.02. The van der Waals surface area contributed by atoms with Gasteiger partial charge in [-0.2, -0.15) is 0 Å². The van der Waals surface area contributed by atoms with E-state index in [1.54, 1.807) is 24.3 Å². The fourth-order valence-corrected chi connectivity index (χ4v) is 4.51. The lowest BCUT2D eigenvalue weighted by Crippen LogP contribution is -2.29. The summed E-state index contributed by atoms with van der Waals surface area (Å²) in [6.45, 7) is 1.86. The van der Waals surface area contributed by atoms with Crippen molar-refractivity contribution in [3.8, 4) is 0 Å². The second-order valence-electron chi connectivity index (χ2n) is 7.86. The minimum atomic E-state index is -0.896. The lowest BCUT2D eigenvalue weighted by atomic mass is 9.93. The van der Waals surface area contributed by atoms with Crippen LogP contribution in [0.2, 0.25) is 5.02 Å². The minimum Gasteiger partial charge on any atom is -0.507 e. The number of anilines is 1. The average Bonchev–Trinajstić information content (AvgIpc) is 3.27. The summed E-state index contributed by atoms with van der Waals surface area (Å²) in [5.74, 6) is -2.42. The van der Waals surface area contributed by atoms with Gasteiger partial charge in [-0.1, -0.05) is 29.8 Å². The second kappa shape index (κ2) is 7.90. The highest BCUT2D eigenvalue weighted by Gasteiger charge is 2.48. The second-order valence-corrected chi connectivity index (χ2v) is 8.30. The number of carbonyl (C=O) groups excluding carboxylic acids is 2. The number of halogens is 2. The number of hydrogen-bond acceptors (Lipinski definition) is 3. The van der Waals surface area contributed by atoms with E-state index < -0.39 is 23.5 Å². The van der Waals surface area contributed by atoms with Crippen molar-refractivity contribution in [2.45, 2.75) is 13.0 Å². The van der Waals surface area contributed by atoms with E-state index >= 15 is 0 Å². The Hall–Kier alpha value is -3.90. The number of carbonyl (C=O) groups is 2. The van der Waals surface area contributed by atoms with Gasteiger partial charge >= 0.3 is 0 Å². The normalized spacial score (nSPS) is 17.8. The number of aliphatic hydroxyl groups excluding tert-OH is 1. The number of aromatic amines is 1. The number of aromatic nitrogens is 1. The van der Waals surface area contributed by atoms with Crippen LogP contribution < -0.4 is 4.90 Å². The first kappa shape index (κ1) is 21.0. The highest BCUT2D eigenvalue weighted by Crippen LogP contribution is 2.45. The van der Waals surface area contributed by atoms with E-state index in [9.17, 15) is 19.1 Å². The molecule has 1 amide bonds. The van der Waals surface area contributed by atoms with Gasteiger partial charge in [0.2, 0.25) is 0 Å². The topological polar surface area (TPSA) is 73.4 Å². The predicted octanol–water partition coefficient (Wildman–Crippen LogP) is 5.90. The number of hydrogen-bond donors (Lipinski definition) is 2. The van der Waals surface area contributed by atoms with Crippen LogP contribution in [0, 0.1) is 12.7 Å². The fraction of sp³-hybridized carbons (Fsp3) is 0.0769. The largest absolute Gasteiger partial charge is 0.507 e. The Morgan fingerprint density at radius 1 is 1.00 bits per heavy atom. The van der Waals surface area contributed by atoms with Gasteiger partial charge in [0.1, 0.15) is 11.6 Å². The number of fused-ring (bicyclic) bond motifs is 1. The molecule has 2 N–H and O–H groups in total. The van der Waals surface area contributed by atoms with Crippen molar-refractivity contribution in [2.75, 3.05) is 4.90 Å². The SMILES string of the molecule is Cc1[nH]c2ccccc2c1C1/C(=C(\O)c2ccc(F)cc2)C(=O)C(=O)N1c1ccc(Cl)cc1. The molecule has 1 atom stereocenters. The molecule has 1 unspecified atom stereocenters. The third-order valence-corrected chi connectivity index (χ3v) is 6.14. The maximum atomic E-state index is 13.5. The molecule has 0 spiro atoms. The van der Waals surface area contributed by atoms with Crippen LogP contribution in [0.3, 0.4) is 0 Å². The van der Waals surface area contributed by atoms with Crippen molar-refractivity contribution in [1.82, 2.24) is 4.98 Å². The molecule has 1 fully saturated rings. The number of H-pyrrole nitrogens is 1. The molecule has 164 valence electrons.